The molecular weight excluding hydrogens is 234 g/mol. The van der Waals surface area contributed by atoms with Gasteiger partial charge in [-0.25, -0.2) is 0 Å². The van der Waals surface area contributed by atoms with Crippen LogP contribution in [0, 0.1) is 13.8 Å². The van der Waals surface area contributed by atoms with Crippen LogP contribution in [0.15, 0.2) is 12.1 Å². The molecule has 2 heteroatoms. The smallest absolute Gasteiger partial charge is 0.0422 e. The first-order valence-electron chi connectivity index (χ1n) is 7.43. The molecule has 18 heavy (non-hydrogen) atoms. The normalized spacial score (nSPS) is 22.8. The van der Waals surface area contributed by atoms with Crippen LogP contribution in [0.2, 0.25) is 17.6 Å². The summed E-state index contributed by atoms with van der Waals surface area (Å²) in [5.41, 5.74) is 6.74. The first kappa shape index (κ1) is 13.7. The zero-order chi connectivity index (χ0) is 13.3. The molecule has 1 aromatic carbocycles. The summed E-state index contributed by atoms with van der Waals surface area (Å²) in [5, 5.41) is 3.72. The van der Waals surface area contributed by atoms with Crippen LogP contribution in [0.3, 0.4) is 0 Å². The molecule has 0 saturated heterocycles. The van der Waals surface area contributed by atoms with Crippen molar-refractivity contribution in [2.45, 2.75) is 58.2 Å². The summed E-state index contributed by atoms with van der Waals surface area (Å²) in [4.78, 5) is 0. The van der Waals surface area contributed by atoms with Crippen molar-refractivity contribution < 1.29 is 0 Å². The molecule has 1 heterocycles. The van der Waals surface area contributed by atoms with Gasteiger partial charge in [0.25, 0.3) is 0 Å². The van der Waals surface area contributed by atoms with Gasteiger partial charge in [0.05, 0.1) is 0 Å². The van der Waals surface area contributed by atoms with Crippen LogP contribution >= 0.6 is 0 Å². The molecule has 1 N–H and O–H groups in total. The topological polar surface area (TPSA) is 12.0 Å². The molecule has 0 bridgehead atoms. The molecule has 100 valence electrons. The number of benzene rings is 1. The lowest BCUT2D eigenvalue weighted by Crippen LogP contribution is -2.33. The molecule has 0 aliphatic carbocycles. The van der Waals surface area contributed by atoms with Gasteiger partial charge >= 0.3 is 0 Å². The Hall–Kier alpha value is -0.763. The van der Waals surface area contributed by atoms with Crippen molar-refractivity contribution in [3.8, 4) is 0 Å². The van der Waals surface area contributed by atoms with Crippen LogP contribution in [-0.2, 0) is 0 Å². The Morgan fingerprint density at radius 3 is 2.50 bits per heavy atom. The maximum Gasteiger partial charge on any atom is 0.0422 e. The van der Waals surface area contributed by atoms with Gasteiger partial charge in [-0.3, -0.25) is 0 Å². The largest absolute Gasteiger partial charge is 0.385 e. The lowest BCUT2D eigenvalue weighted by molar-refractivity contribution is 0.661. The van der Waals surface area contributed by atoms with E-state index >= 15 is 0 Å². The van der Waals surface area contributed by atoms with Crippen molar-refractivity contribution in [3.63, 3.8) is 0 Å². The molecule has 0 saturated carbocycles. The van der Waals surface area contributed by atoms with Crippen LogP contribution in [0.1, 0.15) is 43.4 Å². The molecule has 0 spiro atoms. The van der Waals surface area contributed by atoms with Crippen molar-refractivity contribution in [2.24, 2.45) is 0 Å². The van der Waals surface area contributed by atoms with E-state index in [0.717, 1.165) is 11.5 Å². The van der Waals surface area contributed by atoms with Gasteiger partial charge in [0.2, 0.25) is 0 Å². The Labute approximate surface area is 114 Å². The zero-order valence-electron chi connectivity index (χ0n) is 12.5. The van der Waals surface area contributed by atoms with E-state index in [1.165, 1.54) is 35.4 Å². The van der Waals surface area contributed by atoms with Gasteiger partial charge in [0.1, 0.15) is 0 Å². The van der Waals surface area contributed by atoms with Crippen LogP contribution in [-0.4, -0.2) is 15.3 Å². The first-order chi connectivity index (χ1) is 8.58. The summed E-state index contributed by atoms with van der Waals surface area (Å²) in [5.74, 6) is 0.747. The average Bonchev–Trinajstić information content (AvgIpc) is 2.34. The second-order valence-electron chi connectivity index (χ2n) is 5.96. The number of aryl methyl sites for hydroxylation is 2. The second kappa shape index (κ2) is 5.48. The molecule has 0 fully saturated rings. The molecule has 0 aromatic heterocycles. The summed E-state index contributed by atoms with van der Waals surface area (Å²) in [6, 6.07) is 7.58. The predicted octanol–water partition coefficient (Wildman–Crippen LogP) is 4.47. The number of nitrogens with one attached hydrogen (secondary N) is 1. The average molecular weight is 261 g/mol. The highest BCUT2D eigenvalue weighted by Crippen LogP contribution is 2.42. The van der Waals surface area contributed by atoms with E-state index in [2.05, 4.69) is 52.1 Å². The first-order valence-corrected chi connectivity index (χ1v) is 9.73. The minimum absolute atomic E-state index is 0.584. The van der Waals surface area contributed by atoms with E-state index in [-0.39, 0.29) is 0 Å². The summed E-state index contributed by atoms with van der Waals surface area (Å²) in [6.45, 7) is 12.9. The Morgan fingerprint density at radius 1 is 1.22 bits per heavy atom. The van der Waals surface area contributed by atoms with E-state index in [0.29, 0.717) is 0 Å². The lowest BCUT2D eigenvalue weighted by atomic mass is 9.89. The third kappa shape index (κ3) is 2.35. The number of rotatable bonds is 3. The van der Waals surface area contributed by atoms with Gasteiger partial charge in [0.15, 0.2) is 0 Å². The highest BCUT2D eigenvalue weighted by Gasteiger charge is 2.31. The maximum atomic E-state index is 3.72. The standard InChI is InChI=1S/C16H27NSi/c1-6-18(7-2)15-10-17-16-12(4)8-11(3)9-14(16)13(15)5/h8-9,13,15,17-18H,6-7,10H2,1-5H3/t13-,15+/m1/s1. The zero-order valence-corrected chi connectivity index (χ0v) is 13.7. The molecule has 1 aliphatic rings. The van der Waals surface area contributed by atoms with Gasteiger partial charge in [-0.05, 0) is 36.4 Å². The SMILES string of the molecule is CC[SiH](CC)[C@H]1CNc2c(C)cc(C)cc2[C@H]1C. The van der Waals surface area contributed by atoms with Crippen molar-refractivity contribution in [1.29, 1.82) is 0 Å². The summed E-state index contributed by atoms with van der Waals surface area (Å²) >= 11 is 0. The number of hydrogen-bond acceptors (Lipinski definition) is 1. The number of hydrogen-bond donors (Lipinski definition) is 1. The fraction of sp³-hybridized carbons (Fsp3) is 0.625. The number of anilines is 1. The highest BCUT2D eigenvalue weighted by atomic mass is 28.3. The van der Waals surface area contributed by atoms with Crippen molar-refractivity contribution in [2.75, 3.05) is 11.9 Å². The van der Waals surface area contributed by atoms with E-state index in [1.807, 2.05) is 0 Å². The van der Waals surface area contributed by atoms with E-state index in [9.17, 15) is 0 Å². The third-order valence-corrected chi connectivity index (χ3v) is 8.93. The van der Waals surface area contributed by atoms with Gasteiger partial charge in [-0.15, -0.1) is 0 Å². The molecule has 1 aromatic rings. The highest BCUT2D eigenvalue weighted by molar-refractivity contribution is 6.60. The van der Waals surface area contributed by atoms with E-state index < -0.39 is 8.80 Å². The van der Waals surface area contributed by atoms with Crippen LogP contribution in [0.5, 0.6) is 0 Å². The second-order valence-corrected chi connectivity index (χ2v) is 9.97. The minimum Gasteiger partial charge on any atom is -0.385 e. The van der Waals surface area contributed by atoms with Crippen molar-refractivity contribution in [3.05, 3.63) is 28.8 Å². The molecule has 1 nitrogen and oxygen atoms in total. The van der Waals surface area contributed by atoms with E-state index in [1.54, 1.807) is 5.56 Å². The molecule has 0 radical (unpaired) electrons. The summed E-state index contributed by atoms with van der Waals surface area (Å²) < 4.78 is 0. The van der Waals surface area contributed by atoms with Crippen LogP contribution in [0.4, 0.5) is 5.69 Å². The van der Waals surface area contributed by atoms with E-state index in [4.69, 9.17) is 0 Å². The molecular formula is C16H27NSi. The molecule has 0 unspecified atom stereocenters. The molecule has 1 aliphatic heterocycles. The molecule has 2 atom stereocenters. The van der Waals surface area contributed by atoms with Gasteiger partial charge in [0, 0.05) is 21.0 Å². The fourth-order valence-electron chi connectivity index (χ4n) is 3.70. The number of fused-ring (bicyclic) bond motifs is 1. The Balaban J connectivity index is 2.35. The molecule has 2 rings (SSSR count). The predicted molar refractivity (Wildman–Crippen MR) is 84.7 cm³/mol. The fourth-order valence-corrected chi connectivity index (χ4v) is 6.96. The minimum atomic E-state index is -0.584. The Morgan fingerprint density at radius 2 is 1.89 bits per heavy atom. The summed E-state index contributed by atoms with van der Waals surface area (Å²) in [7, 11) is -0.584. The van der Waals surface area contributed by atoms with Crippen molar-refractivity contribution in [1.82, 2.24) is 0 Å². The van der Waals surface area contributed by atoms with Gasteiger partial charge in [-0.2, -0.15) is 0 Å². The van der Waals surface area contributed by atoms with Crippen molar-refractivity contribution >= 4 is 14.5 Å². The lowest BCUT2D eigenvalue weighted by Gasteiger charge is -2.37. The maximum absolute atomic E-state index is 3.72. The third-order valence-electron chi connectivity index (χ3n) is 4.81. The summed E-state index contributed by atoms with van der Waals surface area (Å²) in [6.07, 6.45) is 0. The molecule has 0 amide bonds. The van der Waals surface area contributed by atoms with Gasteiger partial charge in [-0.1, -0.05) is 50.6 Å². The monoisotopic (exact) mass is 261 g/mol. The Bertz CT molecular complexity index is 423. The van der Waals surface area contributed by atoms with Crippen LogP contribution in [0.25, 0.3) is 0 Å². The quantitative estimate of drug-likeness (QED) is 0.792. The Kier molecular flexibility index (Phi) is 4.16. The van der Waals surface area contributed by atoms with Gasteiger partial charge < -0.3 is 5.32 Å². The van der Waals surface area contributed by atoms with Crippen LogP contribution < -0.4 is 5.32 Å².